The first-order valence-electron chi connectivity index (χ1n) is 5.54. The normalized spacial score (nSPS) is 16.7. The van der Waals surface area contributed by atoms with Crippen molar-refractivity contribution in [3.8, 4) is 0 Å². The number of allylic oxidation sites excluding steroid dienone is 3. The van der Waals surface area contributed by atoms with E-state index >= 15 is 0 Å². The van der Waals surface area contributed by atoms with Crippen molar-refractivity contribution >= 4 is 24.3 Å². The van der Waals surface area contributed by atoms with E-state index in [1.165, 1.54) is 10.4 Å². The number of rotatable bonds is 2. The highest BCUT2D eigenvalue weighted by Gasteiger charge is 1.91. The Labute approximate surface area is 96.5 Å². The van der Waals surface area contributed by atoms with Gasteiger partial charge in [-0.2, -0.15) is 0 Å². The summed E-state index contributed by atoms with van der Waals surface area (Å²) >= 11 is 0. The Hall–Kier alpha value is -1.76. The molecule has 16 heavy (non-hydrogen) atoms. The van der Waals surface area contributed by atoms with Gasteiger partial charge in [-0.3, -0.25) is 0 Å². The van der Waals surface area contributed by atoms with Gasteiger partial charge < -0.3 is 4.98 Å². The van der Waals surface area contributed by atoms with Crippen LogP contribution in [-0.4, -0.2) is 4.98 Å². The van der Waals surface area contributed by atoms with Crippen LogP contribution < -0.4 is 21.1 Å². The predicted octanol–water partition coefficient (Wildman–Crippen LogP) is 0.939. The maximum atomic E-state index is 3.73. The summed E-state index contributed by atoms with van der Waals surface area (Å²) in [5.74, 6) is 0. The predicted molar refractivity (Wildman–Crippen MR) is 73.5 cm³/mol. The Balaban J connectivity index is 3.84. The summed E-state index contributed by atoms with van der Waals surface area (Å²) in [5.41, 5.74) is 0. The van der Waals surface area contributed by atoms with Crippen LogP contribution in [-0.2, 0) is 0 Å². The molecule has 0 amide bonds. The summed E-state index contributed by atoms with van der Waals surface area (Å²) in [4.78, 5) is 3.39. The Morgan fingerprint density at radius 2 is 1.50 bits per heavy atom. The third kappa shape index (κ3) is 2.43. The van der Waals surface area contributed by atoms with Crippen LogP contribution in [0.2, 0.25) is 0 Å². The molecule has 1 heteroatoms. The van der Waals surface area contributed by atoms with Crippen molar-refractivity contribution in [2.24, 2.45) is 0 Å². The van der Waals surface area contributed by atoms with E-state index in [1.807, 2.05) is 25.2 Å². The average molecular weight is 213 g/mol. The van der Waals surface area contributed by atoms with Crippen LogP contribution in [0.15, 0.2) is 24.8 Å². The van der Waals surface area contributed by atoms with E-state index in [9.17, 15) is 0 Å². The van der Waals surface area contributed by atoms with Crippen LogP contribution in [0.3, 0.4) is 0 Å². The third-order valence-electron chi connectivity index (χ3n) is 2.46. The molecule has 1 aromatic rings. The number of aromatic nitrogens is 1. The molecule has 0 radical (unpaired) electrons. The molecule has 0 aliphatic heterocycles. The van der Waals surface area contributed by atoms with E-state index in [0.29, 0.717) is 0 Å². The maximum absolute atomic E-state index is 3.73. The number of nitrogens with one attached hydrogen (secondary N) is 1. The Bertz CT molecular complexity index is 610. The largest absolute Gasteiger partial charge is 0.355 e. The van der Waals surface area contributed by atoms with Crippen molar-refractivity contribution in [2.45, 2.75) is 20.8 Å². The molecular weight excluding hydrogens is 194 g/mol. The van der Waals surface area contributed by atoms with Crippen molar-refractivity contribution in [3.05, 3.63) is 45.9 Å². The van der Waals surface area contributed by atoms with Gasteiger partial charge in [-0.15, -0.1) is 0 Å². The summed E-state index contributed by atoms with van der Waals surface area (Å²) < 4.78 is 0. The van der Waals surface area contributed by atoms with E-state index in [-0.39, 0.29) is 0 Å². The molecule has 0 spiro atoms. The van der Waals surface area contributed by atoms with Gasteiger partial charge in [-0.05, 0) is 32.9 Å². The summed E-state index contributed by atoms with van der Waals surface area (Å²) in [7, 11) is 0. The Morgan fingerprint density at radius 1 is 0.938 bits per heavy atom. The summed E-state index contributed by atoms with van der Waals surface area (Å²) in [6, 6.07) is 0. The lowest BCUT2D eigenvalue weighted by atomic mass is 10.3. The van der Waals surface area contributed by atoms with Gasteiger partial charge in [0.25, 0.3) is 0 Å². The third-order valence-corrected chi connectivity index (χ3v) is 2.46. The molecule has 1 rings (SSSR count). The van der Waals surface area contributed by atoms with Crippen molar-refractivity contribution < 1.29 is 0 Å². The summed E-state index contributed by atoms with van der Waals surface area (Å²) in [6.07, 6.45) is 14.2. The highest BCUT2D eigenvalue weighted by Crippen LogP contribution is 1.69. The van der Waals surface area contributed by atoms with Gasteiger partial charge in [-0.25, -0.2) is 0 Å². The molecule has 0 saturated heterocycles. The van der Waals surface area contributed by atoms with Crippen LogP contribution in [0.1, 0.15) is 20.8 Å². The highest BCUT2D eigenvalue weighted by atomic mass is 14.7. The smallest absolute Gasteiger partial charge is 0.0461 e. The van der Waals surface area contributed by atoms with E-state index in [2.05, 4.69) is 43.6 Å². The molecule has 1 N–H and O–H groups in total. The SMILES string of the molecule is C=C/C=c1[nH]c(=C/C=C\C)/c(=C\C)c/1=C/C. The fourth-order valence-corrected chi connectivity index (χ4v) is 1.77. The molecule has 84 valence electrons. The number of H-pyrrole nitrogens is 1. The van der Waals surface area contributed by atoms with Crippen LogP contribution in [0.5, 0.6) is 0 Å². The molecule has 0 aliphatic carbocycles. The number of hydrogen-bond donors (Lipinski definition) is 1. The molecule has 1 heterocycles. The van der Waals surface area contributed by atoms with Gasteiger partial charge in [-0.1, -0.05) is 37.0 Å². The molecule has 0 aliphatic rings. The summed E-state index contributed by atoms with van der Waals surface area (Å²) in [5, 5.41) is 4.73. The van der Waals surface area contributed by atoms with Gasteiger partial charge in [0, 0.05) is 21.1 Å². The molecule has 0 unspecified atom stereocenters. The first kappa shape index (κ1) is 12.3. The zero-order chi connectivity index (χ0) is 12.0. The number of aromatic amines is 1. The Kier molecular flexibility index (Phi) is 4.59. The first-order chi connectivity index (χ1) is 7.78. The zero-order valence-corrected chi connectivity index (χ0v) is 10.2. The van der Waals surface area contributed by atoms with E-state index < -0.39 is 0 Å². The molecular formula is C15H19N. The maximum Gasteiger partial charge on any atom is 0.0461 e. The lowest BCUT2D eigenvalue weighted by molar-refractivity contribution is 1.26. The van der Waals surface area contributed by atoms with Crippen molar-refractivity contribution in [1.29, 1.82) is 0 Å². The van der Waals surface area contributed by atoms with Crippen LogP contribution >= 0.6 is 0 Å². The van der Waals surface area contributed by atoms with Gasteiger partial charge in [0.15, 0.2) is 0 Å². The second kappa shape index (κ2) is 5.96. The topological polar surface area (TPSA) is 15.8 Å². The lowest BCUT2D eigenvalue weighted by Gasteiger charge is -1.77. The van der Waals surface area contributed by atoms with Crippen LogP contribution in [0, 0.1) is 0 Å². The lowest BCUT2D eigenvalue weighted by Crippen LogP contribution is -2.36. The monoisotopic (exact) mass is 213 g/mol. The van der Waals surface area contributed by atoms with Crippen LogP contribution in [0.25, 0.3) is 24.3 Å². The van der Waals surface area contributed by atoms with Crippen molar-refractivity contribution in [1.82, 2.24) is 4.98 Å². The minimum absolute atomic E-state index is 1.11. The highest BCUT2D eigenvalue weighted by molar-refractivity contribution is 5.42. The van der Waals surface area contributed by atoms with Gasteiger partial charge in [0.05, 0.1) is 0 Å². The fraction of sp³-hybridized carbons (Fsp3) is 0.200. The fourth-order valence-electron chi connectivity index (χ4n) is 1.77. The first-order valence-corrected chi connectivity index (χ1v) is 5.54. The standard InChI is InChI=1S/C15H19N/c1-5-9-11-15-13(8-4)12(7-3)14(16-15)10-6-2/h5-11,16H,2H2,1,3-4H3/b9-5-,12-7-,13-8-,14-10+,15-11+. The van der Waals surface area contributed by atoms with Gasteiger partial charge in [0.1, 0.15) is 0 Å². The van der Waals surface area contributed by atoms with E-state index in [0.717, 1.165) is 10.7 Å². The molecule has 1 aromatic heterocycles. The van der Waals surface area contributed by atoms with Crippen LogP contribution in [0.4, 0.5) is 0 Å². The second-order valence-electron chi connectivity index (χ2n) is 3.45. The van der Waals surface area contributed by atoms with Crippen molar-refractivity contribution in [3.63, 3.8) is 0 Å². The molecule has 0 saturated carbocycles. The molecule has 0 atom stereocenters. The average Bonchev–Trinajstić information content (AvgIpc) is 2.63. The molecule has 1 nitrogen and oxygen atoms in total. The second-order valence-corrected chi connectivity index (χ2v) is 3.45. The minimum Gasteiger partial charge on any atom is -0.355 e. The van der Waals surface area contributed by atoms with Crippen molar-refractivity contribution in [2.75, 3.05) is 0 Å². The summed E-state index contributed by atoms with van der Waals surface area (Å²) in [6.45, 7) is 9.85. The quantitative estimate of drug-likeness (QED) is 0.752. The van der Waals surface area contributed by atoms with Gasteiger partial charge in [0.2, 0.25) is 0 Å². The molecule has 0 fully saturated rings. The minimum atomic E-state index is 1.11. The molecule has 0 aromatic carbocycles. The number of hydrogen-bond acceptors (Lipinski definition) is 0. The Morgan fingerprint density at radius 3 is 1.94 bits per heavy atom. The molecule has 0 bridgehead atoms. The zero-order valence-electron chi connectivity index (χ0n) is 10.2. The van der Waals surface area contributed by atoms with Gasteiger partial charge >= 0.3 is 0 Å². The van der Waals surface area contributed by atoms with E-state index in [4.69, 9.17) is 0 Å². The van der Waals surface area contributed by atoms with E-state index in [1.54, 1.807) is 6.08 Å².